The fourth-order valence-corrected chi connectivity index (χ4v) is 8.78. The number of nitrogens with one attached hydrogen (secondary N) is 3. The number of hydrogen-bond acceptors (Lipinski definition) is 12. The van der Waals surface area contributed by atoms with Gasteiger partial charge in [-0.25, -0.2) is 9.37 Å². The highest BCUT2D eigenvalue weighted by molar-refractivity contribution is 6.33. The number of nitrogens with zero attached hydrogens (tertiary/aromatic N) is 7. The summed E-state index contributed by atoms with van der Waals surface area (Å²) < 4.78 is 23.7. The van der Waals surface area contributed by atoms with Crippen LogP contribution in [0, 0.1) is 0 Å². The number of carbonyl (C=O) groups is 4. The molecule has 0 aliphatic carbocycles. The molecule has 1 unspecified atom stereocenters. The summed E-state index contributed by atoms with van der Waals surface area (Å²) in [6.45, 7) is 7.54. The molecule has 316 valence electrons. The van der Waals surface area contributed by atoms with Crippen molar-refractivity contribution < 1.29 is 28.3 Å². The molecule has 0 radical (unpaired) electrons. The van der Waals surface area contributed by atoms with E-state index in [0.29, 0.717) is 98.6 Å². The lowest BCUT2D eigenvalue weighted by atomic mass is 9.91. The van der Waals surface area contributed by atoms with Crippen molar-refractivity contribution >= 4 is 69.3 Å². The second-order valence-electron chi connectivity index (χ2n) is 16.1. The summed E-state index contributed by atoms with van der Waals surface area (Å²) in [5, 5.41) is 9.18. The van der Waals surface area contributed by atoms with Crippen molar-refractivity contribution in [3.63, 3.8) is 0 Å². The molecular formula is C42H48ClFN10O6. The van der Waals surface area contributed by atoms with Crippen molar-refractivity contribution in [3.05, 3.63) is 75.2 Å². The SMILES string of the molecule is CNC(=O)COc1cc2cc(Nc3nc(N4CCN(CC5(F)CCN(c6cccc7c6CN(C6CCC(=O)NC6=O)C7=O)CC5)CC4)ncc3Cl)ccc2n(C(C)C)c1=O. The summed E-state index contributed by atoms with van der Waals surface area (Å²) in [4.78, 5) is 79.9. The first-order chi connectivity index (χ1) is 28.8. The number of imide groups is 1. The molecule has 0 spiro atoms. The van der Waals surface area contributed by atoms with Gasteiger partial charge < -0.3 is 34.6 Å². The molecule has 60 heavy (non-hydrogen) atoms. The van der Waals surface area contributed by atoms with Gasteiger partial charge in [0.25, 0.3) is 17.4 Å². The molecule has 4 aromatic rings. The Hall–Kier alpha value is -5.81. The molecule has 4 aliphatic rings. The quantitative estimate of drug-likeness (QED) is 0.187. The second-order valence-corrected chi connectivity index (χ2v) is 16.5. The van der Waals surface area contributed by atoms with Crippen molar-refractivity contribution in [3.8, 4) is 5.75 Å². The summed E-state index contributed by atoms with van der Waals surface area (Å²) in [7, 11) is 1.50. The van der Waals surface area contributed by atoms with Gasteiger partial charge in [0.1, 0.15) is 16.7 Å². The van der Waals surface area contributed by atoms with Crippen LogP contribution in [-0.4, -0.2) is 119 Å². The van der Waals surface area contributed by atoms with Gasteiger partial charge in [0.2, 0.25) is 17.8 Å². The van der Waals surface area contributed by atoms with Gasteiger partial charge in [0.05, 0.1) is 11.7 Å². The lowest BCUT2D eigenvalue weighted by molar-refractivity contribution is -0.137. The number of amides is 4. The van der Waals surface area contributed by atoms with Gasteiger partial charge >= 0.3 is 0 Å². The van der Waals surface area contributed by atoms with E-state index in [9.17, 15) is 24.0 Å². The van der Waals surface area contributed by atoms with Gasteiger partial charge in [-0.3, -0.25) is 34.2 Å². The third-order valence-corrected chi connectivity index (χ3v) is 12.1. The molecule has 6 heterocycles. The monoisotopic (exact) mass is 842 g/mol. The highest BCUT2D eigenvalue weighted by Gasteiger charge is 2.42. The fourth-order valence-electron chi connectivity index (χ4n) is 8.64. The summed E-state index contributed by atoms with van der Waals surface area (Å²) in [5.74, 6) is -0.373. The number of piperidine rings is 2. The van der Waals surface area contributed by atoms with E-state index in [1.165, 1.54) is 7.05 Å². The summed E-state index contributed by atoms with van der Waals surface area (Å²) in [5.41, 5.74) is 1.95. The minimum Gasteiger partial charge on any atom is -0.478 e. The van der Waals surface area contributed by atoms with E-state index in [2.05, 4.69) is 35.6 Å². The highest BCUT2D eigenvalue weighted by Crippen LogP contribution is 2.38. The van der Waals surface area contributed by atoms with E-state index in [0.717, 1.165) is 16.6 Å². The minimum atomic E-state index is -1.38. The Morgan fingerprint density at radius 3 is 2.52 bits per heavy atom. The van der Waals surface area contributed by atoms with Crippen molar-refractivity contribution in [1.29, 1.82) is 0 Å². The topological polar surface area (TPSA) is 174 Å². The smallest absolute Gasteiger partial charge is 0.293 e. The van der Waals surface area contributed by atoms with Crippen LogP contribution in [0.2, 0.25) is 5.02 Å². The van der Waals surface area contributed by atoms with E-state index in [4.69, 9.17) is 21.3 Å². The van der Waals surface area contributed by atoms with Crippen molar-refractivity contribution in [2.75, 3.05) is 74.6 Å². The van der Waals surface area contributed by atoms with E-state index in [1.807, 2.05) is 44.2 Å². The van der Waals surface area contributed by atoms with E-state index in [1.54, 1.807) is 27.8 Å². The van der Waals surface area contributed by atoms with Gasteiger partial charge in [-0.1, -0.05) is 17.7 Å². The Bertz CT molecular complexity index is 2410. The molecule has 16 nitrogen and oxygen atoms in total. The second kappa shape index (κ2) is 16.7. The highest BCUT2D eigenvalue weighted by atomic mass is 35.5. The Balaban J connectivity index is 0.877. The number of rotatable bonds is 11. The number of aromatic nitrogens is 3. The predicted octanol–water partition coefficient (Wildman–Crippen LogP) is 3.79. The molecule has 2 aromatic carbocycles. The normalized spacial score (nSPS) is 19.5. The van der Waals surface area contributed by atoms with Crippen LogP contribution < -0.4 is 36.0 Å². The third kappa shape index (κ3) is 8.19. The number of hydrogen-bond donors (Lipinski definition) is 3. The summed E-state index contributed by atoms with van der Waals surface area (Å²) in [6, 6.07) is 11.9. The van der Waals surface area contributed by atoms with Crippen LogP contribution in [0.15, 0.2) is 53.5 Å². The number of pyridine rings is 1. The van der Waals surface area contributed by atoms with Crippen molar-refractivity contribution in [2.24, 2.45) is 0 Å². The van der Waals surface area contributed by atoms with Crippen LogP contribution >= 0.6 is 11.6 Å². The predicted molar refractivity (Wildman–Crippen MR) is 225 cm³/mol. The number of piperazine rings is 1. The van der Waals surface area contributed by atoms with Crippen molar-refractivity contribution in [2.45, 2.75) is 63.8 Å². The zero-order chi connectivity index (χ0) is 42.3. The van der Waals surface area contributed by atoms with E-state index < -0.39 is 17.6 Å². The van der Waals surface area contributed by atoms with Gasteiger partial charge in [0.15, 0.2) is 18.2 Å². The third-order valence-electron chi connectivity index (χ3n) is 11.9. The fraction of sp³-hybridized carbons (Fsp3) is 0.452. The maximum absolute atomic E-state index is 16.5. The molecule has 0 saturated carbocycles. The molecule has 8 rings (SSSR count). The number of carbonyl (C=O) groups excluding carboxylic acids is 4. The Morgan fingerprint density at radius 2 is 1.80 bits per heavy atom. The minimum absolute atomic E-state index is 0.0676. The number of alkyl halides is 1. The van der Waals surface area contributed by atoms with Gasteiger partial charge in [-0.05, 0) is 56.7 Å². The average molecular weight is 843 g/mol. The first-order valence-electron chi connectivity index (χ1n) is 20.3. The molecular weight excluding hydrogens is 795 g/mol. The molecule has 4 aliphatic heterocycles. The van der Waals surface area contributed by atoms with Gasteiger partial charge in [-0.2, -0.15) is 4.98 Å². The standard InChI is InChI=1S/C42H48ClFN10O6/c1-25(2)54-31-8-7-27(19-26(31)20-34(40(54)59)60-23-36(56)45-3)47-37-30(43)21-46-41(49-37)52-17-15-50(16-18-52)24-42(44)11-13-51(14-12-42)32-6-4-5-28-29(32)22-53(39(28)58)33-9-10-35(55)48-38(33)57/h4-8,19-21,25,33H,9-18,22-24H2,1-3H3,(H,45,56)(H,46,47,49)(H,48,55,57). The van der Waals surface area contributed by atoms with Crippen LogP contribution in [0.3, 0.4) is 0 Å². The molecule has 4 amide bonds. The number of likely N-dealkylation sites (N-methyl/N-ethyl adjacent to an activating group) is 1. The molecule has 1 atom stereocenters. The van der Waals surface area contributed by atoms with Gasteiger partial charge in [0, 0.05) is 113 Å². The van der Waals surface area contributed by atoms with Gasteiger partial charge in [-0.15, -0.1) is 0 Å². The largest absolute Gasteiger partial charge is 0.478 e. The summed E-state index contributed by atoms with van der Waals surface area (Å²) >= 11 is 6.57. The maximum Gasteiger partial charge on any atom is 0.293 e. The summed E-state index contributed by atoms with van der Waals surface area (Å²) in [6.07, 6.45) is 2.72. The van der Waals surface area contributed by atoms with E-state index in [-0.39, 0.29) is 54.6 Å². The maximum atomic E-state index is 16.5. The number of fused-ring (bicyclic) bond motifs is 2. The lowest BCUT2D eigenvalue weighted by Gasteiger charge is -2.42. The molecule has 3 N–H and O–H groups in total. The van der Waals surface area contributed by atoms with Crippen LogP contribution in [0.5, 0.6) is 5.75 Å². The van der Waals surface area contributed by atoms with Crippen LogP contribution in [0.1, 0.15) is 61.5 Å². The lowest BCUT2D eigenvalue weighted by Crippen LogP contribution is -2.54. The number of benzene rings is 2. The molecule has 3 fully saturated rings. The van der Waals surface area contributed by atoms with Crippen LogP contribution in [-0.2, 0) is 20.9 Å². The first kappa shape index (κ1) is 40.9. The van der Waals surface area contributed by atoms with Crippen LogP contribution in [0.25, 0.3) is 10.9 Å². The number of halogens is 2. The van der Waals surface area contributed by atoms with Crippen LogP contribution in [0.4, 0.5) is 27.5 Å². The Morgan fingerprint density at radius 1 is 1.03 bits per heavy atom. The Kier molecular flexibility index (Phi) is 11.4. The zero-order valence-corrected chi connectivity index (χ0v) is 34.6. The molecule has 2 aromatic heterocycles. The molecule has 18 heteroatoms. The zero-order valence-electron chi connectivity index (χ0n) is 33.8. The number of anilines is 4. The van der Waals surface area contributed by atoms with Crippen molar-refractivity contribution in [1.82, 2.24) is 35.0 Å². The Labute approximate surface area is 351 Å². The van der Waals surface area contributed by atoms with E-state index >= 15 is 4.39 Å². The molecule has 0 bridgehead atoms. The average Bonchev–Trinajstić information content (AvgIpc) is 3.56. The number of ether oxygens (including phenoxy) is 1. The molecule has 3 saturated heterocycles. The first-order valence-corrected chi connectivity index (χ1v) is 20.7.